The molecule has 0 atom stereocenters. The van der Waals surface area contributed by atoms with Crippen LogP contribution in [0, 0.1) is 19.7 Å². The average Bonchev–Trinajstić information content (AvgIpc) is 2.53. The van der Waals surface area contributed by atoms with E-state index in [0.717, 1.165) is 16.5 Å². The van der Waals surface area contributed by atoms with E-state index < -0.39 is 17.3 Å². The summed E-state index contributed by atoms with van der Waals surface area (Å²) in [7, 11) is 0. The van der Waals surface area contributed by atoms with E-state index in [-0.39, 0.29) is 12.1 Å². The molecule has 0 aliphatic heterocycles. The van der Waals surface area contributed by atoms with Crippen LogP contribution in [0.5, 0.6) is 0 Å². The lowest BCUT2D eigenvalue weighted by molar-refractivity contribution is 0.0950. The Morgan fingerprint density at radius 1 is 1.17 bits per heavy atom. The third-order valence-corrected chi connectivity index (χ3v) is 3.79. The molecule has 1 amide bonds. The highest BCUT2D eigenvalue weighted by Crippen LogP contribution is 2.22. The van der Waals surface area contributed by atoms with Crippen molar-refractivity contribution in [3.63, 3.8) is 0 Å². The van der Waals surface area contributed by atoms with Crippen molar-refractivity contribution in [1.29, 1.82) is 0 Å². The highest BCUT2D eigenvalue weighted by molar-refractivity contribution is 5.94. The van der Waals surface area contributed by atoms with Gasteiger partial charge in [0.05, 0.1) is 0 Å². The molecule has 0 fully saturated rings. The molecule has 4 nitrogen and oxygen atoms in total. The zero-order valence-electron chi connectivity index (χ0n) is 13.4. The number of carbonyl (C=O) groups is 1. The Kier molecular flexibility index (Phi) is 4.16. The Balaban J connectivity index is 1.93. The van der Waals surface area contributed by atoms with E-state index in [0.29, 0.717) is 11.1 Å². The Hall–Kier alpha value is -2.95. The average molecular weight is 325 g/mol. The van der Waals surface area contributed by atoms with Crippen LogP contribution in [-0.4, -0.2) is 5.91 Å². The minimum Gasteiger partial charge on any atom is -0.422 e. The summed E-state index contributed by atoms with van der Waals surface area (Å²) in [5, 5.41) is 3.50. The van der Waals surface area contributed by atoms with Crippen LogP contribution in [0.25, 0.3) is 11.0 Å². The molecule has 0 saturated carbocycles. The predicted molar refractivity (Wildman–Crippen MR) is 89.5 cm³/mol. The molecule has 122 valence electrons. The minimum absolute atomic E-state index is 0.153. The normalized spacial score (nSPS) is 10.8. The fourth-order valence-electron chi connectivity index (χ4n) is 2.73. The zero-order chi connectivity index (χ0) is 17.3. The van der Waals surface area contributed by atoms with Crippen LogP contribution in [0.3, 0.4) is 0 Å². The monoisotopic (exact) mass is 325 g/mol. The molecule has 0 bridgehead atoms. The van der Waals surface area contributed by atoms with Crippen molar-refractivity contribution in [3.05, 3.63) is 81.0 Å². The topological polar surface area (TPSA) is 59.3 Å². The van der Waals surface area contributed by atoms with Crippen molar-refractivity contribution < 1.29 is 13.6 Å². The van der Waals surface area contributed by atoms with Gasteiger partial charge in [-0.05, 0) is 54.8 Å². The number of halogens is 1. The summed E-state index contributed by atoms with van der Waals surface area (Å²) in [6, 6.07) is 10.7. The van der Waals surface area contributed by atoms with Crippen LogP contribution in [0.15, 0.2) is 51.7 Å². The van der Waals surface area contributed by atoms with Gasteiger partial charge in [-0.1, -0.05) is 12.1 Å². The van der Waals surface area contributed by atoms with Crippen LogP contribution < -0.4 is 10.9 Å². The quantitative estimate of drug-likeness (QED) is 0.750. The lowest BCUT2D eigenvalue weighted by Gasteiger charge is -2.10. The van der Waals surface area contributed by atoms with E-state index in [4.69, 9.17) is 4.42 Å². The smallest absolute Gasteiger partial charge is 0.336 e. The van der Waals surface area contributed by atoms with Gasteiger partial charge < -0.3 is 9.73 Å². The van der Waals surface area contributed by atoms with Crippen LogP contribution >= 0.6 is 0 Å². The number of nitrogens with one attached hydrogen (secondary N) is 1. The molecule has 24 heavy (non-hydrogen) atoms. The fourth-order valence-corrected chi connectivity index (χ4v) is 2.73. The molecular weight excluding hydrogens is 309 g/mol. The SMILES string of the molecule is Cc1cc(C)c2oc(=O)cc(CNC(=O)c3cccc(F)c3)c2c1. The summed E-state index contributed by atoms with van der Waals surface area (Å²) >= 11 is 0. The summed E-state index contributed by atoms with van der Waals surface area (Å²) < 4.78 is 18.5. The van der Waals surface area contributed by atoms with E-state index in [1.54, 1.807) is 0 Å². The lowest BCUT2D eigenvalue weighted by Crippen LogP contribution is -2.23. The third kappa shape index (κ3) is 3.20. The summed E-state index contributed by atoms with van der Waals surface area (Å²) in [6.45, 7) is 3.97. The second-order valence-electron chi connectivity index (χ2n) is 5.74. The van der Waals surface area contributed by atoms with E-state index in [1.807, 2.05) is 26.0 Å². The van der Waals surface area contributed by atoms with Gasteiger partial charge in [0.15, 0.2) is 0 Å². The molecule has 2 aromatic carbocycles. The van der Waals surface area contributed by atoms with Gasteiger partial charge in [-0.2, -0.15) is 0 Å². The molecular formula is C19H16FNO3. The van der Waals surface area contributed by atoms with E-state index in [2.05, 4.69) is 5.32 Å². The number of hydrogen-bond donors (Lipinski definition) is 1. The molecule has 0 unspecified atom stereocenters. The minimum atomic E-state index is -0.472. The molecule has 5 heteroatoms. The van der Waals surface area contributed by atoms with Crippen molar-refractivity contribution in [1.82, 2.24) is 5.32 Å². The summed E-state index contributed by atoms with van der Waals surface area (Å²) in [4.78, 5) is 23.9. The number of carbonyl (C=O) groups excluding carboxylic acids is 1. The van der Waals surface area contributed by atoms with Crippen LogP contribution in [0.2, 0.25) is 0 Å². The van der Waals surface area contributed by atoms with E-state index in [1.165, 1.54) is 30.3 Å². The largest absolute Gasteiger partial charge is 0.422 e. The highest BCUT2D eigenvalue weighted by atomic mass is 19.1. The molecule has 0 radical (unpaired) electrons. The van der Waals surface area contributed by atoms with Gasteiger partial charge in [-0.3, -0.25) is 4.79 Å². The van der Waals surface area contributed by atoms with E-state index >= 15 is 0 Å². The number of amides is 1. The van der Waals surface area contributed by atoms with Gasteiger partial charge in [0.2, 0.25) is 0 Å². The molecule has 0 aliphatic rings. The van der Waals surface area contributed by atoms with Gasteiger partial charge in [0.1, 0.15) is 11.4 Å². The molecule has 1 heterocycles. The van der Waals surface area contributed by atoms with Gasteiger partial charge in [-0.15, -0.1) is 0 Å². The number of fused-ring (bicyclic) bond motifs is 1. The first-order chi connectivity index (χ1) is 11.4. The molecule has 3 aromatic rings. The van der Waals surface area contributed by atoms with Gasteiger partial charge >= 0.3 is 5.63 Å². The number of aryl methyl sites for hydroxylation is 2. The summed E-state index contributed by atoms with van der Waals surface area (Å²) in [5.41, 5.74) is 2.84. The maximum absolute atomic E-state index is 13.2. The van der Waals surface area contributed by atoms with Gasteiger partial charge in [0, 0.05) is 23.6 Å². The number of benzene rings is 2. The fraction of sp³-hybridized carbons (Fsp3) is 0.158. The molecule has 0 spiro atoms. The maximum atomic E-state index is 13.2. The Morgan fingerprint density at radius 2 is 1.96 bits per heavy atom. The second-order valence-corrected chi connectivity index (χ2v) is 5.74. The second kappa shape index (κ2) is 6.28. The maximum Gasteiger partial charge on any atom is 0.336 e. The predicted octanol–water partition coefficient (Wildman–Crippen LogP) is 3.48. The lowest BCUT2D eigenvalue weighted by atomic mass is 10.0. The van der Waals surface area contributed by atoms with Crippen molar-refractivity contribution >= 4 is 16.9 Å². The summed E-state index contributed by atoms with van der Waals surface area (Å²) in [6.07, 6.45) is 0. The molecule has 0 saturated heterocycles. The Labute approximate surface area is 137 Å². The Bertz CT molecular complexity index is 992. The highest BCUT2D eigenvalue weighted by Gasteiger charge is 2.11. The first-order valence-electron chi connectivity index (χ1n) is 7.52. The summed E-state index contributed by atoms with van der Waals surface area (Å²) in [5.74, 6) is -0.875. The molecule has 1 aromatic heterocycles. The Morgan fingerprint density at radius 3 is 2.71 bits per heavy atom. The molecule has 3 rings (SSSR count). The zero-order valence-corrected chi connectivity index (χ0v) is 13.4. The third-order valence-electron chi connectivity index (χ3n) is 3.79. The molecule has 1 N–H and O–H groups in total. The number of hydrogen-bond acceptors (Lipinski definition) is 3. The van der Waals surface area contributed by atoms with Gasteiger partial charge in [-0.25, -0.2) is 9.18 Å². The van der Waals surface area contributed by atoms with E-state index in [9.17, 15) is 14.0 Å². The standard InChI is InChI=1S/C19H16FNO3/c1-11-6-12(2)18-16(7-11)14(9-17(22)24-18)10-21-19(23)13-4-3-5-15(20)8-13/h3-9H,10H2,1-2H3,(H,21,23). The first-order valence-corrected chi connectivity index (χ1v) is 7.52. The van der Waals surface area contributed by atoms with Crippen molar-refractivity contribution in [2.24, 2.45) is 0 Å². The van der Waals surface area contributed by atoms with Crippen LogP contribution in [0.1, 0.15) is 27.0 Å². The number of rotatable bonds is 3. The van der Waals surface area contributed by atoms with Crippen molar-refractivity contribution in [2.75, 3.05) is 0 Å². The molecule has 0 aliphatic carbocycles. The van der Waals surface area contributed by atoms with Gasteiger partial charge in [0.25, 0.3) is 5.91 Å². The van der Waals surface area contributed by atoms with Crippen molar-refractivity contribution in [2.45, 2.75) is 20.4 Å². The van der Waals surface area contributed by atoms with Crippen molar-refractivity contribution in [3.8, 4) is 0 Å². The first kappa shape index (κ1) is 15.9. The van der Waals surface area contributed by atoms with Crippen LogP contribution in [0.4, 0.5) is 4.39 Å². The van der Waals surface area contributed by atoms with Crippen LogP contribution in [-0.2, 0) is 6.54 Å².